The summed E-state index contributed by atoms with van der Waals surface area (Å²) in [6.45, 7) is 4.90. The van der Waals surface area contributed by atoms with Gasteiger partial charge in [0.05, 0.1) is 0 Å². The molecule has 0 aliphatic carbocycles. The van der Waals surface area contributed by atoms with E-state index < -0.39 is 48.0 Å². The number of hydrogen-bond donors (Lipinski definition) is 8. The van der Waals surface area contributed by atoms with Crippen LogP contribution in [0.2, 0.25) is 0 Å². The average molecular weight is 967 g/mol. The Morgan fingerprint density at radius 3 is 0.824 bits per heavy atom. The number of carbonyl (C=O) groups excluding carboxylic acids is 3. The minimum absolute atomic E-state index is 0.115. The number of nitrogens with one attached hydrogen (secondary N) is 4. The van der Waals surface area contributed by atoms with Crippen LogP contribution in [-0.4, -0.2) is 99.2 Å². The minimum atomic E-state index is -1.14. The third-order valence-corrected chi connectivity index (χ3v) is 12.9. The predicted octanol–water partition coefficient (Wildman–Crippen LogP) is 10.6. The van der Waals surface area contributed by atoms with Gasteiger partial charge in [0, 0.05) is 25.7 Å². The van der Waals surface area contributed by atoms with Crippen LogP contribution >= 0.6 is 0 Å². The van der Waals surface area contributed by atoms with Gasteiger partial charge in [0.1, 0.15) is 30.0 Å². The standard InChI is InChI=1S/C53H98N4O11/c1-3-5-7-9-11-13-15-17-19-21-23-25-27-39-48(59)56-46(52(65)66)37-31-41-54-44(50(61)62)35-29-33-43(58)34-30-36-45(51(63)64)55-42-32-38-47(53(67)68)57-49(60)40-28-26-24-22-20-18-16-14-12-10-8-6-4-2/h44-47,54-55H,3-42H2,1-2H3,(H,56,59)(H,57,60)(H,61,62)(H,63,64)(H,65,66)(H,67,68)/t44-,45-,46-,47-/m0/s1. The van der Waals surface area contributed by atoms with Gasteiger partial charge in [0.2, 0.25) is 11.8 Å². The van der Waals surface area contributed by atoms with Crippen molar-refractivity contribution in [1.82, 2.24) is 21.3 Å². The first-order valence-corrected chi connectivity index (χ1v) is 27.3. The van der Waals surface area contributed by atoms with E-state index in [2.05, 4.69) is 35.1 Å². The molecule has 0 saturated carbocycles. The van der Waals surface area contributed by atoms with Crippen molar-refractivity contribution in [2.45, 2.75) is 282 Å². The van der Waals surface area contributed by atoms with Gasteiger partial charge in [-0.15, -0.1) is 0 Å². The maximum Gasteiger partial charge on any atom is 0.326 e. The fourth-order valence-corrected chi connectivity index (χ4v) is 8.58. The second-order valence-corrected chi connectivity index (χ2v) is 19.2. The number of aliphatic carboxylic acids is 4. The highest BCUT2D eigenvalue weighted by Crippen LogP contribution is 2.15. The topological polar surface area (TPSA) is 249 Å². The van der Waals surface area contributed by atoms with Crippen LogP contribution in [-0.2, 0) is 33.6 Å². The molecule has 0 unspecified atom stereocenters. The van der Waals surface area contributed by atoms with Crippen LogP contribution in [0.1, 0.15) is 258 Å². The van der Waals surface area contributed by atoms with E-state index in [0.717, 1.165) is 38.5 Å². The van der Waals surface area contributed by atoms with Gasteiger partial charge in [-0.25, -0.2) is 9.59 Å². The van der Waals surface area contributed by atoms with E-state index in [1.807, 2.05) is 0 Å². The lowest BCUT2D eigenvalue weighted by Gasteiger charge is -2.17. The van der Waals surface area contributed by atoms with Crippen molar-refractivity contribution in [3.8, 4) is 0 Å². The summed E-state index contributed by atoms with van der Waals surface area (Å²) in [6, 6.07) is -3.99. The Hall–Kier alpha value is -3.59. The summed E-state index contributed by atoms with van der Waals surface area (Å²) in [5.41, 5.74) is 0. The smallest absolute Gasteiger partial charge is 0.326 e. The van der Waals surface area contributed by atoms with Gasteiger partial charge in [-0.1, -0.05) is 168 Å². The first kappa shape index (κ1) is 64.4. The number of Topliss-reactive ketones (excluding diaryl/α,β-unsaturated/α-hetero) is 1. The number of rotatable bonds is 52. The van der Waals surface area contributed by atoms with E-state index in [9.17, 15) is 54.0 Å². The van der Waals surface area contributed by atoms with E-state index in [1.54, 1.807) is 0 Å². The zero-order chi connectivity index (χ0) is 50.5. The van der Waals surface area contributed by atoms with Crippen LogP contribution in [0.5, 0.6) is 0 Å². The summed E-state index contributed by atoms with van der Waals surface area (Å²) in [6.07, 6.45) is 33.7. The molecule has 0 saturated heterocycles. The van der Waals surface area contributed by atoms with Gasteiger partial charge in [-0.2, -0.15) is 0 Å². The first-order valence-electron chi connectivity index (χ1n) is 27.3. The normalized spacial score (nSPS) is 13.1. The van der Waals surface area contributed by atoms with Gasteiger partial charge in [0.25, 0.3) is 0 Å². The molecule has 15 nitrogen and oxygen atoms in total. The fourth-order valence-electron chi connectivity index (χ4n) is 8.58. The van der Waals surface area contributed by atoms with E-state index >= 15 is 0 Å². The molecule has 0 fully saturated rings. The van der Waals surface area contributed by atoms with Gasteiger partial charge in [0.15, 0.2) is 0 Å². The van der Waals surface area contributed by atoms with Crippen molar-refractivity contribution in [1.29, 1.82) is 0 Å². The van der Waals surface area contributed by atoms with Crippen LogP contribution in [0.4, 0.5) is 0 Å². The highest BCUT2D eigenvalue weighted by molar-refractivity contribution is 5.84. The Morgan fingerprint density at radius 2 is 0.559 bits per heavy atom. The molecule has 0 spiro atoms. The van der Waals surface area contributed by atoms with Gasteiger partial charge in [-0.3, -0.25) is 24.0 Å². The zero-order valence-corrected chi connectivity index (χ0v) is 42.7. The molecule has 68 heavy (non-hydrogen) atoms. The third-order valence-electron chi connectivity index (χ3n) is 12.9. The van der Waals surface area contributed by atoms with Crippen molar-refractivity contribution in [2.24, 2.45) is 0 Å². The van der Waals surface area contributed by atoms with Crippen LogP contribution in [0, 0.1) is 0 Å². The monoisotopic (exact) mass is 967 g/mol. The summed E-state index contributed by atoms with van der Waals surface area (Å²) in [5.74, 6) is -5.15. The third kappa shape index (κ3) is 40.3. The van der Waals surface area contributed by atoms with Crippen molar-refractivity contribution in [3.63, 3.8) is 0 Å². The Labute approximate surface area is 410 Å². The van der Waals surface area contributed by atoms with Crippen LogP contribution in [0.15, 0.2) is 0 Å². The van der Waals surface area contributed by atoms with Gasteiger partial charge < -0.3 is 41.7 Å². The van der Waals surface area contributed by atoms with Crippen molar-refractivity contribution < 1.29 is 54.0 Å². The van der Waals surface area contributed by atoms with Crippen LogP contribution < -0.4 is 21.3 Å². The molecule has 4 atom stereocenters. The van der Waals surface area contributed by atoms with Crippen LogP contribution in [0.3, 0.4) is 0 Å². The van der Waals surface area contributed by atoms with E-state index in [4.69, 9.17) is 0 Å². The summed E-state index contributed by atoms with van der Waals surface area (Å²) in [5, 5.41) is 49.7. The molecule has 0 aliphatic rings. The molecule has 8 N–H and O–H groups in total. The molecule has 0 bridgehead atoms. The quantitative estimate of drug-likeness (QED) is 0.0265. The number of carboxylic acids is 4. The maximum atomic E-state index is 12.6. The number of hydrogen-bond acceptors (Lipinski definition) is 9. The van der Waals surface area contributed by atoms with Crippen molar-refractivity contribution >= 4 is 41.5 Å². The Morgan fingerprint density at radius 1 is 0.309 bits per heavy atom. The summed E-state index contributed by atoms with van der Waals surface area (Å²) >= 11 is 0. The van der Waals surface area contributed by atoms with Crippen LogP contribution in [0.25, 0.3) is 0 Å². The number of ketones is 1. The largest absolute Gasteiger partial charge is 0.480 e. The zero-order valence-electron chi connectivity index (χ0n) is 42.7. The predicted molar refractivity (Wildman–Crippen MR) is 270 cm³/mol. The fraction of sp³-hybridized carbons (Fsp3) is 0.868. The molecule has 0 aliphatic heterocycles. The Bertz CT molecular complexity index is 1240. The number of carbonyl (C=O) groups is 7. The molecule has 0 rings (SSSR count). The average Bonchev–Trinajstić information content (AvgIpc) is 3.29. The van der Waals surface area contributed by atoms with Gasteiger partial charge in [-0.05, 0) is 77.3 Å². The van der Waals surface area contributed by atoms with E-state index in [-0.39, 0.29) is 82.1 Å². The highest BCUT2D eigenvalue weighted by Gasteiger charge is 2.23. The SMILES string of the molecule is CCCCCCCCCCCCCCCC(=O)N[C@@H](CCCN[C@@H](CCCC(=O)CCC[C@H](NCCC[C@H](NC(=O)CCCCCCCCCCCCCCC)C(=O)O)C(=O)O)C(=O)O)C(=O)O. The lowest BCUT2D eigenvalue weighted by atomic mass is 10.0. The minimum Gasteiger partial charge on any atom is -0.480 e. The maximum absolute atomic E-state index is 12.6. The van der Waals surface area contributed by atoms with Crippen molar-refractivity contribution in [3.05, 3.63) is 0 Å². The van der Waals surface area contributed by atoms with Crippen molar-refractivity contribution in [2.75, 3.05) is 13.1 Å². The first-order chi connectivity index (χ1) is 32.8. The molecular weight excluding hydrogens is 869 g/mol. The lowest BCUT2D eigenvalue weighted by Crippen LogP contribution is -2.42. The number of unbranched alkanes of at least 4 members (excludes halogenated alkanes) is 24. The summed E-state index contributed by atoms with van der Waals surface area (Å²) in [4.78, 5) is 84.8. The molecule has 0 aromatic heterocycles. The van der Waals surface area contributed by atoms with Gasteiger partial charge >= 0.3 is 23.9 Å². The molecule has 0 aromatic carbocycles. The highest BCUT2D eigenvalue weighted by atomic mass is 16.4. The Balaban J connectivity index is 4.25. The molecule has 396 valence electrons. The number of amides is 2. The second-order valence-electron chi connectivity index (χ2n) is 19.2. The molecule has 0 aromatic rings. The van der Waals surface area contributed by atoms with E-state index in [1.165, 1.54) is 116 Å². The molecular formula is C53H98N4O11. The summed E-state index contributed by atoms with van der Waals surface area (Å²) < 4.78 is 0. The Kier molecular flexibility index (Phi) is 43.4. The number of carboxylic acid groups (broad SMARTS) is 4. The molecule has 2 amide bonds. The second kappa shape index (κ2) is 45.8. The lowest BCUT2D eigenvalue weighted by molar-refractivity contribution is -0.142. The molecule has 0 heterocycles. The van der Waals surface area contributed by atoms with E-state index in [0.29, 0.717) is 38.5 Å². The molecule has 0 radical (unpaired) electrons. The molecule has 15 heteroatoms. The summed E-state index contributed by atoms with van der Waals surface area (Å²) in [7, 11) is 0.